The van der Waals surface area contributed by atoms with Crippen molar-refractivity contribution in [1.82, 2.24) is 20.0 Å². The average Bonchev–Trinajstić information content (AvgIpc) is 3.01. The Bertz CT molecular complexity index is 697. The van der Waals surface area contributed by atoms with Gasteiger partial charge in [0.15, 0.2) is 0 Å². The first kappa shape index (κ1) is 17.8. The average molecular weight is 347 g/mol. The van der Waals surface area contributed by atoms with Gasteiger partial charge in [0.05, 0.1) is 5.69 Å². The molecule has 0 bridgehead atoms. The van der Waals surface area contributed by atoms with Gasteiger partial charge in [0.2, 0.25) is 0 Å². The number of hydrogen-bond acceptors (Lipinski definition) is 5. The molecule has 0 spiro atoms. The lowest BCUT2D eigenvalue weighted by Crippen LogP contribution is -2.44. The monoisotopic (exact) mass is 347 g/mol. The molecule has 2 N–H and O–H groups in total. The zero-order chi connectivity index (χ0) is 17.8. The van der Waals surface area contributed by atoms with Crippen molar-refractivity contribution in [3.05, 3.63) is 47.5 Å². The number of aryl methyl sites for hydroxylation is 1. The minimum atomic E-state index is -0.641. The van der Waals surface area contributed by atoms with Gasteiger partial charge in [-0.2, -0.15) is 5.10 Å². The first-order chi connectivity index (χ1) is 12.0. The summed E-state index contributed by atoms with van der Waals surface area (Å²) in [6.07, 6.45) is 1.02. The lowest BCUT2D eigenvalue weighted by atomic mass is 10.1. The number of rotatable bonds is 6. The van der Waals surface area contributed by atoms with E-state index in [-0.39, 0.29) is 5.82 Å². The summed E-state index contributed by atoms with van der Waals surface area (Å²) < 4.78 is 15.6. The number of anilines is 1. The first-order valence-electron chi connectivity index (χ1n) is 8.62. The second-order valence-electron chi connectivity index (χ2n) is 6.63. The van der Waals surface area contributed by atoms with Gasteiger partial charge in [0.1, 0.15) is 11.9 Å². The SMILES string of the molecule is CN1CCN(c2cc(F)cc(CNCC(O)c3ccnn3C)c2)CC1. The van der Waals surface area contributed by atoms with Crippen molar-refractivity contribution in [2.75, 3.05) is 44.7 Å². The van der Waals surface area contributed by atoms with Crippen molar-refractivity contribution < 1.29 is 9.50 Å². The molecule has 1 aliphatic rings. The third-order valence-electron chi connectivity index (χ3n) is 4.68. The van der Waals surface area contributed by atoms with Crippen LogP contribution in [0.4, 0.5) is 10.1 Å². The Morgan fingerprint density at radius 3 is 2.64 bits per heavy atom. The minimum Gasteiger partial charge on any atom is -0.385 e. The summed E-state index contributed by atoms with van der Waals surface area (Å²) in [5.41, 5.74) is 2.56. The predicted octanol–water partition coefficient (Wildman–Crippen LogP) is 1.13. The number of nitrogens with one attached hydrogen (secondary N) is 1. The highest BCUT2D eigenvalue weighted by Crippen LogP contribution is 2.20. The fourth-order valence-corrected chi connectivity index (χ4v) is 3.15. The summed E-state index contributed by atoms with van der Waals surface area (Å²) in [6, 6.07) is 6.96. The maximum atomic E-state index is 14.0. The number of nitrogens with zero attached hydrogens (tertiary/aromatic N) is 4. The van der Waals surface area contributed by atoms with Gasteiger partial charge in [-0.1, -0.05) is 0 Å². The predicted molar refractivity (Wildman–Crippen MR) is 96.0 cm³/mol. The molecule has 3 rings (SSSR count). The molecule has 0 aliphatic carbocycles. The van der Waals surface area contributed by atoms with E-state index in [1.54, 1.807) is 36.1 Å². The zero-order valence-corrected chi connectivity index (χ0v) is 14.8. The molecule has 0 radical (unpaired) electrons. The quantitative estimate of drug-likeness (QED) is 0.821. The second-order valence-corrected chi connectivity index (χ2v) is 6.63. The third kappa shape index (κ3) is 4.56. The first-order valence-corrected chi connectivity index (χ1v) is 8.62. The molecule has 1 aromatic heterocycles. The molecule has 7 heteroatoms. The van der Waals surface area contributed by atoms with E-state index >= 15 is 0 Å². The van der Waals surface area contributed by atoms with Gasteiger partial charge in [-0.3, -0.25) is 4.68 Å². The number of piperazine rings is 1. The highest BCUT2D eigenvalue weighted by Gasteiger charge is 2.16. The Morgan fingerprint density at radius 1 is 1.20 bits per heavy atom. The fraction of sp³-hybridized carbons (Fsp3) is 0.500. The van der Waals surface area contributed by atoms with Crippen LogP contribution < -0.4 is 10.2 Å². The van der Waals surface area contributed by atoms with E-state index in [4.69, 9.17) is 0 Å². The molecule has 1 fully saturated rings. The van der Waals surface area contributed by atoms with Crippen LogP contribution in [0.2, 0.25) is 0 Å². The van der Waals surface area contributed by atoms with Crippen molar-refractivity contribution in [3.8, 4) is 0 Å². The van der Waals surface area contributed by atoms with Gasteiger partial charge in [-0.15, -0.1) is 0 Å². The smallest absolute Gasteiger partial charge is 0.125 e. The van der Waals surface area contributed by atoms with E-state index < -0.39 is 6.10 Å². The number of halogens is 1. The molecule has 25 heavy (non-hydrogen) atoms. The van der Waals surface area contributed by atoms with Crippen LogP contribution >= 0.6 is 0 Å². The van der Waals surface area contributed by atoms with Gasteiger partial charge < -0.3 is 20.2 Å². The molecule has 1 saturated heterocycles. The van der Waals surface area contributed by atoms with E-state index in [0.717, 1.165) is 43.1 Å². The second kappa shape index (κ2) is 7.95. The maximum Gasteiger partial charge on any atom is 0.125 e. The Morgan fingerprint density at radius 2 is 1.96 bits per heavy atom. The maximum absolute atomic E-state index is 14.0. The third-order valence-corrected chi connectivity index (χ3v) is 4.68. The van der Waals surface area contributed by atoms with Gasteiger partial charge >= 0.3 is 0 Å². The number of likely N-dealkylation sites (N-methyl/N-ethyl adjacent to an activating group) is 1. The van der Waals surface area contributed by atoms with Crippen LogP contribution in [0, 0.1) is 5.82 Å². The summed E-state index contributed by atoms with van der Waals surface area (Å²) in [5, 5.41) is 17.4. The summed E-state index contributed by atoms with van der Waals surface area (Å²) in [6.45, 7) is 4.69. The van der Waals surface area contributed by atoms with E-state index in [2.05, 4.69) is 27.3 Å². The van der Waals surface area contributed by atoms with Crippen molar-refractivity contribution in [2.45, 2.75) is 12.6 Å². The zero-order valence-electron chi connectivity index (χ0n) is 14.8. The molecule has 1 aliphatic heterocycles. The molecule has 2 aromatic rings. The number of benzene rings is 1. The standard InChI is InChI=1S/C18H26FN5O/c1-22-5-7-24(8-6-22)16-10-14(9-15(19)11-16)12-20-13-18(25)17-3-4-21-23(17)2/h3-4,9-11,18,20,25H,5-8,12-13H2,1-2H3. The summed E-state index contributed by atoms with van der Waals surface area (Å²) in [7, 11) is 3.90. The van der Waals surface area contributed by atoms with E-state index in [1.807, 2.05) is 6.07 Å². The largest absolute Gasteiger partial charge is 0.385 e. The van der Waals surface area contributed by atoms with E-state index in [1.165, 1.54) is 0 Å². The number of hydrogen-bond donors (Lipinski definition) is 2. The number of aromatic nitrogens is 2. The molecule has 0 amide bonds. The molecule has 6 nitrogen and oxygen atoms in total. The van der Waals surface area contributed by atoms with Crippen molar-refractivity contribution in [1.29, 1.82) is 0 Å². The lowest BCUT2D eigenvalue weighted by Gasteiger charge is -2.34. The molecule has 1 atom stereocenters. The van der Waals surface area contributed by atoms with Crippen LogP contribution in [0.5, 0.6) is 0 Å². The molecule has 2 heterocycles. The van der Waals surface area contributed by atoms with Crippen molar-refractivity contribution >= 4 is 5.69 Å². The Kier molecular flexibility index (Phi) is 5.67. The van der Waals surface area contributed by atoms with E-state index in [0.29, 0.717) is 13.1 Å². The van der Waals surface area contributed by atoms with Gasteiger partial charge in [-0.05, 0) is 36.9 Å². The molecule has 1 unspecified atom stereocenters. The van der Waals surface area contributed by atoms with Gasteiger partial charge in [0, 0.05) is 58.2 Å². The molecular weight excluding hydrogens is 321 g/mol. The van der Waals surface area contributed by atoms with Gasteiger partial charge in [-0.25, -0.2) is 4.39 Å². The van der Waals surface area contributed by atoms with Crippen molar-refractivity contribution in [3.63, 3.8) is 0 Å². The summed E-state index contributed by atoms with van der Waals surface area (Å²) in [4.78, 5) is 4.50. The lowest BCUT2D eigenvalue weighted by molar-refractivity contribution is 0.165. The Balaban J connectivity index is 1.58. The van der Waals surface area contributed by atoms with Gasteiger partial charge in [0.25, 0.3) is 0 Å². The Labute approximate surface area is 147 Å². The van der Waals surface area contributed by atoms with Crippen LogP contribution in [0.1, 0.15) is 17.4 Å². The number of aliphatic hydroxyl groups excluding tert-OH is 1. The summed E-state index contributed by atoms with van der Waals surface area (Å²) >= 11 is 0. The topological polar surface area (TPSA) is 56.6 Å². The van der Waals surface area contributed by atoms with Crippen LogP contribution in [0.3, 0.4) is 0 Å². The van der Waals surface area contributed by atoms with E-state index in [9.17, 15) is 9.50 Å². The molecule has 1 aromatic carbocycles. The fourth-order valence-electron chi connectivity index (χ4n) is 3.15. The minimum absolute atomic E-state index is 0.222. The highest BCUT2D eigenvalue weighted by molar-refractivity contribution is 5.49. The van der Waals surface area contributed by atoms with Crippen LogP contribution in [-0.4, -0.2) is 59.6 Å². The highest BCUT2D eigenvalue weighted by atomic mass is 19.1. The normalized spacial score (nSPS) is 17.0. The summed E-state index contributed by atoms with van der Waals surface area (Å²) in [5.74, 6) is -0.222. The molecule has 136 valence electrons. The van der Waals surface area contributed by atoms with Crippen LogP contribution in [0.25, 0.3) is 0 Å². The number of aliphatic hydroxyl groups is 1. The van der Waals surface area contributed by atoms with Crippen LogP contribution in [-0.2, 0) is 13.6 Å². The van der Waals surface area contributed by atoms with Crippen molar-refractivity contribution in [2.24, 2.45) is 7.05 Å². The Hall–Kier alpha value is -1.96. The van der Waals surface area contributed by atoms with Crippen LogP contribution in [0.15, 0.2) is 30.5 Å². The molecular formula is C18H26FN5O. The molecule has 0 saturated carbocycles.